The normalized spacial score (nSPS) is 10.9. The van der Waals surface area contributed by atoms with E-state index in [1.165, 1.54) is 11.1 Å². The van der Waals surface area contributed by atoms with Crippen LogP contribution in [0.3, 0.4) is 0 Å². The van der Waals surface area contributed by atoms with Gasteiger partial charge in [0.15, 0.2) is 0 Å². The third-order valence-electron chi connectivity index (χ3n) is 3.06. The van der Waals surface area contributed by atoms with E-state index >= 15 is 0 Å². The lowest BCUT2D eigenvalue weighted by Crippen LogP contribution is -2.29. The first kappa shape index (κ1) is 17.7. The fourth-order valence-electron chi connectivity index (χ4n) is 2.03. The summed E-state index contributed by atoms with van der Waals surface area (Å²) in [6.07, 6.45) is 2.68. The highest BCUT2D eigenvalue weighted by Crippen LogP contribution is 2.19. The molecule has 0 fully saturated rings. The number of carboxylic acid groups (broad SMARTS) is 1. The Bertz CT molecular complexity index is 625. The molecule has 0 aliphatic carbocycles. The number of benzene rings is 2. The predicted molar refractivity (Wildman–Crippen MR) is 91.5 cm³/mol. The minimum Gasteiger partial charge on any atom is -0.478 e. The lowest BCUT2D eigenvalue weighted by molar-refractivity contribution is -0.131. The van der Waals surface area contributed by atoms with Gasteiger partial charge >= 0.3 is 5.97 Å². The smallest absolute Gasteiger partial charge is 0.328 e. The number of hydrogen-bond donors (Lipinski definition) is 2. The molecule has 2 aromatic rings. The molecule has 0 saturated heterocycles. The van der Waals surface area contributed by atoms with Crippen LogP contribution in [0.2, 0.25) is 0 Å². The van der Waals surface area contributed by atoms with Crippen molar-refractivity contribution in [3.63, 3.8) is 0 Å². The molecule has 0 aromatic heterocycles. The monoisotopic (exact) mass is 297 g/mol. The van der Waals surface area contributed by atoms with Crippen LogP contribution in [0.15, 0.2) is 60.7 Å². The second kappa shape index (κ2) is 8.15. The van der Waals surface area contributed by atoms with Crippen LogP contribution in [0.25, 0.3) is 6.08 Å². The minimum absolute atomic E-state index is 0.217. The maximum Gasteiger partial charge on any atom is 0.328 e. The summed E-state index contributed by atoms with van der Waals surface area (Å²) in [7, 11) is 0. The molecular formula is C19H23NO2. The Morgan fingerprint density at radius 2 is 1.59 bits per heavy atom. The zero-order chi connectivity index (χ0) is 16.6. The molecule has 0 aliphatic heterocycles. The largest absolute Gasteiger partial charge is 0.478 e. The number of hydrogen-bond acceptors (Lipinski definition) is 2. The fraction of sp³-hybridized carbons (Fsp3) is 0.211. The average molecular weight is 297 g/mol. The number of carbonyl (C=O) groups is 1. The van der Waals surface area contributed by atoms with Crippen molar-refractivity contribution >= 4 is 12.0 Å². The van der Waals surface area contributed by atoms with Gasteiger partial charge in [0, 0.05) is 11.6 Å². The summed E-state index contributed by atoms with van der Waals surface area (Å²) in [4.78, 5) is 10.1. The second-order valence-corrected chi connectivity index (χ2v) is 5.62. The van der Waals surface area contributed by atoms with Gasteiger partial charge in [0.2, 0.25) is 0 Å². The summed E-state index contributed by atoms with van der Waals surface area (Å²) in [5.41, 5.74) is 9.12. The molecule has 2 aromatic carbocycles. The minimum atomic E-state index is -0.922. The summed E-state index contributed by atoms with van der Waals surface area (Å²) in [6, 6.07) is 17.5. The van der Waals surface area contributed by atoms with Gasteiger partial charge in [-0.15, -0.1) is 0 Å². The Balaban J connectivity index is 0.000000220. The predicted octanol–water partition coefficient (Wildman–Crippen LogP) is 3.97. The first-order valence-corrected chi connectivity index (χ1v) is 7.12. The molecule has 3 nitrogen and oxygen atoms in total. The second-order valence-electron chi connectivity index (χ2n) is 5.62. The lowest BCUT2D eigenvalue weighted by Gasteiger charge is -2.21. The van der Waals surface area contributed by atoms with Gasteiger partial charge in [-0.2, -0.15) is 0 Å². The number of aliphatic carboxylic acids is 1. The van der Waals surface area contributed by atoms with Gasteiger partial charge in [0.25, 0.3) is 0 Å². The van der Waals surface area contributed by atoms with Crippen molar-refractivity contribution in [3.05, 3.63) is 77.4 Å². The zero-order valence-corrected chi connectivity index (χ0v) is 13.3. The molecule has 0 radical (unpaired) electrons. The Hall–Kier alpha value is -2.39. The van der Waals surface area contributed by atoms with E-state index in [0.717, 1.165) is 11.6 Å². The Morgan fingerprint density at radius 1 is 1.05 bits per heavy atom. The summed E-state index contributed by atoms with van der Waals surface area (Å²) < 4.78 is 0. The third kappa shape index (κ3) is 6.37. The van der Waals surface area contributed by atoms with Crippen molar-refractivity contribution in [2.24, 2.45) is 5.73 Å². The molecule has 0 atom stereocenters. The lowest BCUT2D eigenvalue weighted by atomic mass is 9.92. The van der Waals surface area contributed by atoms with Gasteiger partial charge in [0.1, 0.15) is 0 Å². The molecule has 0 saturated carbocycles. The van der Waals surface area contributed by atoms with E-state index in [0.29, 0.717) is 0 Å². The zero-order valence-electron chi connectivity index (χ0n) is 13.3. The molecule has 22 heavy (non-hydrogen) atoms. The SMILES string of the molecule is Cc1ccccc1C(C)(C)N.O=C(O)C=Cc1ccccc1. The molecule has 0 amide bonds. The molecule has 0 heterocycles. The van der Waals surface area contributed by atoms with Crippen molar-refractivity contribution < 1.29 is 9.90 Å². The maximum absolute atomic E-state index is 10.1. The molecule has 0 unspecified atom stereocenters. The van der Waals surface area contributed by atoms with E-state index in [1.807, 2.05) is 56.3 Å². The molecular weight excluding hydrogens is 274 g/mol. The number of nitrogens with two attached hydrogens (primary N) is 1. The molecule has 0 aliphatic rings. The van der Waals surface area contributed by atoms with Crippen LogP contribution >= 0.6 is 0 Å². The average Bonchev–Trinajstić information content (AvgIpc) is 2.46. The van der Waals surface area contributed by atoms with Gasteiger partial charge in [0.05, 0.1) is 0 Å². The standard InChI is InChI=1S/C10H15N.C9H8O2/c1-8-6-4-5-7-9(8)10(2,3)11;10-9(11)7-6-8-4-2-1-3-5-8/h4-7H,11H2,1-3H3;1-7H,(H,10,11). The van der Waals surface area contributed by atoms with Gasteiger partial charge in [-0.3, -0.25) is 0 Å². The highest BCUT2D eigenvalue weighted by Gasteiger charge is 2.14. The first-order chi connectivity index (χ1) is 10.3. The van der Waals surface area contributed by atoms with E-state index in [9.17, 15) is 4.79 Å². The Kier molecular flexibility index (Phi) is 6.54. The van der Waals surface area contributed by atoms with Crippen molar-refractivity contribution in [2.45, 2.75) is 26.3 Å². The first-order valence-electron chi connectivity index (χ1n) is 7.12. The van der Waals surface area contributed by atoms with E-state index < -0.39 is 5.97 Å². The molecule has 0 spiro atoms. The highest BCUT2D eigenvalue weighted by atomic mass is 16.4. The van der Waals surface area contributed by atoms with Gasteiger partial charge in [-0.1, -0.05) is 54.6 Å². The van der Waals surface area contributed by atoms with Gasteiger partial charge in [-0.25, -0.2) is 4.79 Å². The number of rotatable bonds is 3. The van der Waals surface area contributed by atoms with Gasteiger partial charge in [-0.05, 0) is 43.5 Å². The van der Waals surface area contributed by atoms with Crippen LogP contribution in [0.5, 0.6) is 0 Å². The van der Waals surface area contributed by atoms with E-state index in [1.54, 1.807) is 6.08 Å². The van der Waals surface area contributed by atoms with Crippen molar-refractivity contribution in [3.8, 4) is 0 Å². The van der Waals surface area contributed by atoms with Crippen LogP contribution in [0.4, 0.5) is 0 Å². The molecule has 2 rings (SSSR count). The van der Waals surface area contributed by atoms with E-state index in [-0.39, 0.29) is 5.54 Å². The number of carboxylic acids is 1. The maximum atomic E-state index is 10.1. The van der Waals surface area contributed by atoms with Crippen LogP contribution < -0.4 is 5.73 Å². The highest BCUT2D eigenvalue weighted by molar-refractivity contribution is 5.85. The van der Waals surface area contributed by atoms with Crippen LogP contribution in [0.1, 0.15) is 30.5 Å². The van der Waals surface area contributed by atoms with Crippen molar-refractivity contribution in [1.29, 1.82) is 0 Å². The summed E-state index contributed by atoms with van der Waals surface area (Å²) in [6.45, 7) is 6.13. The van der Waals surface area contributed by atoms with Crippen molar-refractivity contribution in [2.75, 3.05) is 0 Å². The third-order valence-corrected chi connectivity index (χ3v) is 3.06. The quantitative estimate of drug-likeness (QED) is 0.842. The van der Waals surface area contributed by atoms with Crippen LogP contribution in [-0.4, -0.2) is 11.1 Å². The van der Waals surface area contributed by atoms with Crippen LogP contribution in [0, 0.1) is 6.92 Å². The van der Waals surface area contributed by atoms with E-state index in [4.69, 9.17) is 10.8 Å². The number of aryl methyl sites for hydroxylation is 1. The summed E-state index contributed by atoms with van der Waals surface area (Å²) in [5.74, 6) is -0.922. The van der Waals surface area contributed by atoms with Crippen molar-refractivity contribution in [1.82, 2.24) is 0 Å². The van der Waals surface area contributed by atoms with Gasteiger partial charge < -0.3 is 10.8 Å². The molecule has 3 N–H and O–H groups in total. The fourth-order valence-corrected chi connectivity index (χ4v) is 2.03. The topological polar surface area (TPSA) is 63.3 Å². The summed E-state index contributed by atoms with van der Waals surface area (Å²) in [5, 5.41) is 8.29. The summed E-state index contributed by atoms with van der Waals surface area (Å²) >= 11 is 0. The molecule has 116 valence electrons. The van der Waals surface area contributed by atoms with E-state index in [2.05, 4.69) is 19.1 Å². The molecule has 3 heteroatoms. The van der Waals surface area contributed by atoms with Crippen LogP contribution in [-0.2, 0) is 10.3 Å². The Labute approximate surface area is 132 Å². The Morgan fingerprint density at radius 3 is 2.05 bits per heavy atom. The molecule has 0 bridgehead atoms.